The number of allylic oxidation sites excluding steroid dienone is 3. The summed E-state index contributed by atoms with van der Waals surface area (Å²) in [6.45, 7) is 0. The molecule has 0 N–H and O–H groups in total. The van der Waals surface area contributed by atoms with Crippen molar-refractivity contribution in [2.45, 2.75) is 0 Å². The van der Waals surface area contributed by atoms with Crippen LogP contribution in [0.4, 0.5) is 27.6 Å². The first-order chi connectivity index (χ1) is 17.3. The molecule has 8 heteroatoms. The average Bonchev–Trinajstić information content (AvgIpc) is 3.53. The second-order valence-electron chi connectivity index (χ2n) is 8.98. The van der Waals surface area contributed by atoms with Crippen LogP contribution in [0.2, 0.25) is 0 Å². The maximum Gasteiger partial charge on any atom is 0.238 e. The Hall–Kier alpha value is -4.07. The SMILES string of the molecule is O=C1[C@H]2[C@H](C(=O)N1c1c(F)c(F)c(F)c(F)c1F)[C@@H]1C=C[C@@H]2C1=C(c1ccccc1)c1ccccc1. The third-order valence-electron chi connectivity index (χ3n) is 7.24. The standard InChI is InChI=1S/C28H16F5NO2/c29-21-22(30)24(32)26(25(33)23(21)31)34-27(35)19-15-11-12-16(20(19)28(34)36)18(15)17(13-7-3-1-4-8-13)14-9-5-2-6-10-14/h1-12,15-16,19-20H/t15-,16-,19-,20-/m1/s1. The molecule has 1 saturated heterocycles. The molecule has 0 aromatic heterocycles. The van der Waals surface area contributed by atoms with Crippen LogP contribution in [0.15, 0.2) is 78.4 Å². The fraction of sp³-hybridized carbons (Fsp3) is 0.143. The summed E-state index contributed by atoms with van der Waals surface area (Å²) < 4.78 is 70.4. The molecule has 0 unspecified atom stereocenters. The lowest BCUT2D eigenvalue weighted by Crippen LogP contribution is -2.35. The Kier molecular flexibility index (Phi) is 4.96. The fourth-order valence-electron chi connectivity index (χ4n) is 5.82. The van der Waals surface area contributed by atoms with Crippen LogP contribution in [-0.4, -0.2) is 11.8 Å². The van der Waals surface area contributed by atoms with E-state index in [4.69, 9.17) is 0 Å². The van der Waals surface area contributed by atoms with Gasteiger partial charge in [0.25, 0.3) is 0 Å². The summed E-state index contributed by atoms with van der Waals surface area (Å²) >= 11 is 0. The molecule has 0 spiro atoms. The zero-order valence-corrected chi connectivity index (χ0v) is 18.4. The molecule has 180 valence electrons. The van der Waals surface area contributed by atoms with Gasteiger partial charge >= 0.3 is 0 Å². The molecule has 0 radical (unpaired) electrons. The number of carbonyl (C=O) groups is 2. The Bertz CT molecular complexity index is 1390. The highest BCUT2D eigenvalue weighted by Crippen LogP contribution is 2.59. The first-order valence-corrected chi connectivity index (χ1v) is 11.3. The van der Waals surface area contributed by atoms with E-state index in [-0.39, 0.29) is 4.90 Å². The van der Waals surface area contributed by atoms with E-state index >= 15 is 0 Å². The van der Waals surface area contributed by atoms with E-state index in [2.05, 4.69) is 0 Å². The van der Waals surface area contributed by atoms with Gasteiger partial charge in [0.05, 0.1) is 11.8 Å². The molecule has 1 aliphatic heterocycles. The predicted molar refractivity (Wildman–Crippen MR) is 121 cm³/mol. The maximum absolute atomic E-state index is 14.5. The molecule has 3 aromatic rings. The van der Waals surface area contributed by atoms with Gasteiger partial charge in [-0.2, -0.15) is 0 Å². The molecule has 2 bridgehead atoms. The highest BCUT2D eigenvalue weighted by atomic mass is 19.2. The van der Waals surface area contributed by atoms with Gasteiger partial charge in [0.1, 0.15) is 5.69 Å². The summed E-state index contributed by atoms with van der Waals surface area (Å²) in [5.41, 5.74) is 1.88. The van der Waals surface area contributed by atoms with E-state index in [1.807, 2.05) is 60.7 Å². The first kappa shape index (κ1) is 22.4. The average molecular weight is 493 g/mol. The number of imide groups is 1. The van der Waals surface area contributed by atoms with Gasteiger partial charge in [-0.3, -0.25) is 9.59 Å². The van der Waals surface area contributed by atoms with E-state index in [1.54, 1.807) is 12.2 Å². The zero-order chi connectivity index (χ0) is 25.3. The smallest absolute Gasteiger partial charge is 0.238 e. The molecule has 2 fully saturated rings. The number of rotatable bonds is 3. The number of hydrogen-bond donors (Lipinski definition) is 0. The van der Waals surface area contributed by atoms with Crippen LogP contribution in [0.25, 0.3) is 5.57 Å². The monoisotopic (exact) mass is 493 g/mol. The molecule has 2 amide bonds. The molecular formula is C28H16F5NO2. The van der Waals surface area contributed by atoms with Crippen molar-refractivity contribution in [1.82, 2.24) is 0 Å². The van der Waals surface area contributed by atoms with Gasteiger partial charge in [-0.15, -0.1) is 0 Å². The minimum Gasteiger partial charge on any atom is -0.274 e. The lowest BCUT2D eigenvalue weighted by molar-refractivity contribution is -0.123. The van der Waals surface area contributed by atoms with Crippen molar-refractivity contribution >= 4 is 23.1 Å². The van der Waals surface area contributed by atoms with Gasteiger partial charge in [0.2, 0.25) is 17.6 Å². The van der Waals surface area contributed by atoms with Crippen molar-refractivity contribution in [3.63, 3.8) is 0 Å². The molecule has 1 heterocycles. The third kappa shape index (κ3) is 2.90. The lowest BCUT2D eigenvalue weighted by atomic mass is 9.85. The van der Waals surface area contributed by atoms with Crippen molar-refractivity contribution in [1.29, 1.82) is 0 Å². The van der Waals surface area contributed by atoms with Crippen LogP contribution < -0.4 is 4.90 Å². The Balaban J connectivity index is 1.51. The number of fused-ring (bicyclic) bond motifs is 5. The summed E-state index contributed by atoms with van der Waals surface area (Å²) in [4.78, 5) is 27.0. The third-order valence-corrected chi connectivity index (χ3v) is 7.24. The Morgan fingerprint density at radius 2 is 0.972 bits per heavy atom. The van der Waals surface area contributed by atoms with Crippen molar-refractivity contribution in [2.75, 3.05) is 4.90 Å². The van der Waals surface area contributed by atoms with Crippen LogP contribution in [0.1, 0.15) is 11.1 Å². The number of nitrogens with zero attached hydrogens (tertiary/aromatic N) is 1. The van der Waals surface area contributed by atoms with Crippen molar-refractivity contribution < 1.29 is 31.5 Å². The van der Waals surface area contributed by atoms with Gasteiger partial charge in [0, 0.05) is 11.8 Å². The number of halogens is 5. The van der Waals surface area contributed by atoms with E-state index in [1.165, 1.54) is 0 Å². The summed E-state index contributed by atoms with van der Waals surface area (Å²) in [5.74, 6) is -16.3. The minimum atomic E-state index is -2.35. The number of carbonyl (C=O) groups excluding carboxylic acids is 2. The van der Waals surface area contributed by atoms with Gasteiger partial charge < -0.3 is 0 Å². The second-order valence-corrected chi connectivity index (χ2v) is 8.98. The number of amides is 2. The summed E-state index contributed by atoms with van der Waals surface area (Å²) in [7, 11) is 0. The van der Waals surface area contributed by atoms with E-state index in [0.29, 0.717) is 0 Å². The van der Waals surface area contributed by atoms with E-state index < -0.39 is 70.3 Å². The summed E-state index contributed by atoms with van der Waals surface area (Å²) in [6.07, 6.45) is 3.56. The predicted octanol–water partition coefficient (Wildman–Crippen LogP) is 5.81. The van der Waals surface area contributed by atoms with E-state index in [0.717, 1.165) is 22.3 Å². The first-order valence-electron chi connectivity index (χ1n) is 11.3. The van der Waals surface area contributed by atoms with Crippen molar-refractivity contribution in [3.05, 3.63) is 119 Å². The van der Waals surface area contributed by atoms with Crippen LogP contribution in [-0.2, 0) is 9.59 Å². The molecule has 4 atom stereocenters. The quantitative estimate of drug-likeness (QED) is 0.152. The maximum atomic E-state index is 14.5. The van der Waals surface area contributed by atoms with E-state index in [9.17, 15) is 31.5 Å². The number of benzene rings is 3. The van der Waals surface area contributed by atoms with Crippen LogP contribution in [0.3, 0.4) is 0 Å². The highest BCUT2D eigenvalue weighted by molar-refractivity contribution is 6.23. The van der Waals surface area contributed by atoms with Gasteiger partial charge in [-0.05, 0) is 22.3 Å². The molecule has 3 aliphatic rings. The van der Waals surface area contributed by atoms with Gasteiger partial charge in [0.15, 0.2) is 23.3 Å². The Morgan fingerprint density at radius 1 is 0.583 bits per heavy atom. The molecule has 3 aromatic carbocycles. The Morgan fingerprint density at radius 3 is 1.39 bits per heavy atom. The molecule has 2 aliphatic carbocycles. The highest BCUT2D eigenvalue weighted by Gasteiger charge is 2.63. The molecule has 1 saturated carbocycles. The summed E-state index contributed by atoms with van der Waals surface area (Å²) in [5, 5.41) is 0. The molecule has 6 rings (SSSR count). The zero-order valence-electron chi connectivity index (χ0n) is 18.4. The van der Waals surface area contributed by atoms with Crippen LogP contribution in [0, 0.1) is 52.8 Å². The largest absolute Gasteiger partial charge is 0.274 e. The molecule has 36 heavy (non-hydrogen) atoms. The number of anilines is 1. The second kappa shape index (κ2) is 7.98. The summed E-state index contributed by atoms with van der Waals surface area (Å²) in [6, 6.07) is 18.8. The van der Waals surface area contributed by atoms with Gasteiger partial charge in [-0.25, -0.2) is 26.9 Å². The van der Waals surface area contributed by atoms with Crippen molar-refractivity contribution in [3.8, 4) is 0 Å². The normalized spacial score (nSPS) is 24.1. The van der Waals surface area contributed by atoms with Crippen LogP contribution >= 0.6 is 0 Å². The minimum absolute atomic E-state index is 0.139. The fourth-order valence-corrected chi connectivity index (χ4v) is 5.82. The number of hydrogen-bond acceptors (Lipinski definition) is 2. The topological polar surface area (TPSA) is 37.4 Å². The molecule has 3 nitrogen and oxygen atoms in total. The Labute approximate surface area is 202 Å². The van der Waals surface area contributed by atoms with Crippen molar-refractivity contribution in [2.24, 2.45) is 23.7 Å². The van der Waals surface area contributed by atoms with Gasteiger partial charge in [-0.1, -0.05) is 72.8 Å². The lowest BCUT2D eigenvalue weighted by Gasteiger charge is -2.22. The molecular weight excluding hydrogens is 477 g/mol. The van der Waals surface area contributed by atoms with Crippen LogP contribution in [0.5, 0.6) is 0 Å².